The van der Waals surface area contributed by atoms with E-state index in [1.165, 1.54) is 5.56 Å². The molecule has 1 heterocycles. The molecular weight excluding hydrogens is 364 g/mol. The Labute approximate surface area is 162 Å². The summed E-state index contributed by atoms with van der Waals surface area (Å²) in [5.74, 6) is 0.0414. The molecule has 3 rings (SSSR count). The number of nitrogens with zero attached hydrogens (tertiary/aromatic N) is 1. The van der Waals surface area contributed by atoms with Crippen LogP contribution in [-0.4, -0.2) is 51.6 Å². The maximum Gasteiger partial charge on any atom is 0.241 e. The molecule has 6 nitrogen and oxygen atoms in total. The zero-order valence-electron chi connectivity index (χ0n) is 16.2. The number of fused-ring (bicyclic) bond motifs is 1. The van der Waals surface area contributed by atoms with Crippen molar-refractivity contribution in [3.8, 4) is 0 Å². The fourth-order valence-electron chi connectivity index (χ4n) is 3.81. The van der Waals surface area contributed by atoms with Gasteiger partial charge >= 0.3 is 0 Å². The van der Waals surface area contributed by atoms with Crippen LogP contribution in [0.15, 0.2) is 23.1 Å². The van der Waals surface area contributed by atoms with Crippen LogP contribution in [0, 0.1) is 5.92 Å². The number of benzene rings is 1. The molecule has 0 saturated carbocycles. The van der Waals surface area contributed by atoms with E-state index < -0.39 is 16.1 Å². The van der Waals surface area contributed by atoms with Gasteiger partial charge in [0.05, 0.1) is 18.1 Å². The molecule has 27 heavy (non-hydrogen) atoms. The predicted octanol–water partition coefficient (Wildman–Crippen LogP) is 2.12. The van der Waals surface area contributed by atoms with Crippen LogP contribution in [0.1, 0.15) is 44.2 Å². The molecule has 1 fully saturated rings. The van der Waals surface area contributed by atoms with E-state index in [9.17, 15) is 13.2 Å². The van der Waals surface area contributed by atoms with Gasteiger partial charge in [-0.25, -0.2) is 8.42 Å². The second-order valence-corrected chi connectivity index (χ2v) is 9.59. The minimum Gasteiger partial charge on any atom is -0.378 e. The van der Waals surface area contributed by atoms with Gasteiger partial charge in [-0.1, -0.05) is 19.9 Å². The number of carbonyl (C=O) groups is 1. The molecule has 1 aromatic rings. The van der Waals surface area contributed by atoms with Crippen LogP contribution in [0.4, 0.5) is 0 Å². The van der Waals surface area contributed by atoms with Crippen LogP contribution in [0.3, 0.4) is 0 Å². The van der Waals surface area contributed by atoms with Crippen LogP contribution < -0.4 is 4.72 Å². The van der Waals surface area contributed by atoms with Crippen LogP contribution in [0.2, 0.25) is 0 Å². The summed E-state index contributed by atoms with van der Waals surface area (Å²) >= 11 is 0. The summed E-state index contributed by atoms with van der Waals surface area (Å²) in [5, 5.41) is 0. The maximum atomic E-state index is 13.0. The Morgan fingerprint density at radius 2 is 1.81 bits per heavy atom. The number of ether oxygens (including phenoxy) is 1. The lowest BCUT2D eigenvalue weighted by Gasteiger charge is -2.31. The number of nitrogens with one attached hydrogen (secondary N) is 1. The second-order valence-electron chi connectivity index (χ2n) is 7.88. The lowest BCUT2D eigenvalue weighted by atomic mass is 9.92. The first-order valence-electron chi connectivity index (χ1n) is 9.87. The highest BCUT2D eigenvalue weighted by Crippen LogP contribution is 2.24. The van der Waals surface area contributed by atoms with Gasteiger partial charge in [-0.15, -0.1) is 0 Å². The Morgan fingerprint density at radius 3 is 2.48 bits per heavy atom. The van der Waals surface area contributed by atoms with E-state index in [1.807, 2.05) is 19.9 Å². The van der Waals surface area contributed by atoms with Crippen molar-refractivity contribution in [1.82, 2.24) is 9.62 Å². The number of rotatable bonds is 6. The summed E-state index contributed by atoms with van der Waals surface area (Å²) in [6.07, 6.45) is 4.65. The second kappa shape index (κ2) is 8.71. The molecule has 1 saturated heterocycles. The zero-order valence-corrected chi connectivity index (χ0v) is 17.1. The number of amides is 1. The van der Waals surface area contributed by atoms with Gasteiger partial charge in [0.1, 0.15) is 6.04 Å². The summed E-state index contributed by atoms with van der Waals surface area (Å²) < 4.78 is 34.0. The highest BCUT2D eigenvalue weighted by atomic mass is 32.2. The van der Waals surface area contributed by atoms with Crippen molar-refractivity contribution >= 4 is 15.9 Å². The molecule has 0 spiro atoms. The van der Waals surface area contributed by atoms with E-state index in [2.05, 4.69) is 4.72 Å². The summed E-state index contributed by atoms with van der Waals surface area (Å²) in [5.41, 5.74) is 2.35. The maximum absolute atomic E-state index is 13.0. The van der Waals surface area contributed by atoms with Crippen molar-refractivity contribution in [1.29, 1.82) is 0 Å². The monoisotopic (exact) mass is 394 g/mol. The molecule has 1 aliphatic carbocycles. The average Bonchev–Trinajstić information content (AvgIpc) is 2.66. The van der Waals surface area contributed by atoms with Crippen molar-refractivity contribution in [3.05, 3.63) is 29.3 Å². The fraction of sp³-hybridized carbons (Fsp3) is 0.650. The topological polar surface area (TPSA) is 75.7 Å². The van der Waals surface area contributed by atoms with Gasteiger partial charge in [-0.3, -0.25) is 4.79 Å². The third-order valence-corrected chi connectivity index (χ3v) is 6.72. The fourth-order valence-corrected chi connectivity index (χ4v) is 5.06. The molecule has 1 N–H and O–H groups in total. The van der Waals surface area contributed by atoms with Crippen molar-refractivity contribution in [3.63, 3.8) is 0 Å². The largest absolute Gasteiger partial charge is 0.378 e. The number of hydrogen-bond acceptors (Lipinski definition) is 4. The molecule has 0 aromatic heterocycles. The summed E-state index contributed by atoms with van der Waals surface area (Å²) in [4.78, 5) is 14.9. The first kappa shape index (κ1) is 20.3. The van der Waals surface area contributed by atoms with Gasteiger partial charge in [-0.2, -0.15) is 4.72 Å². The number of carbonyl (C=O) groups excluding carboxylic acids is 1. The number of aryl methyl sites for hydroxylation is 2. The smallest absolute Gasteiger partial charge is 0.241 e. The Hall–Kier alpha value is -1.44. The highest BCUT2D eigenvalue weighted by molar-refractivity contribution is 7.89. The van der Waals surface area contributed by atoms with Gasteiger partial charge in [0.15, 0.2) is 0 Å². The third kappa shape index (κ3) is 5.09. The average molecular weight is 395 g/mol. The van der Waals surface area contributed by atoms with Crippen LogP contribution >= 0.6 is 0 Å². The third-order valence-electron chi connectivity index (χ3n) is 5.26. The van der Waals surface area contributed by atoms with Gasteiger partial charge in [-0.05, 0) is 61.3 Å². The highest BCUT2D eigenvalue weighted by Gasteiger charge is 2.31. The van der Waals surface area contributed by atoms with Gasteiger partial charge in [0.25, 0.3) is 0 Å². The molecule has 2 aliphatic rings. The molecule has 1 aliphatic heterocycles. The molecule has 1 amide bonds. The van der Waals surface area contributed by atoms with E-state index in [0.717, 1.165) is 31.2 Å². The zero-order chi connectivity index (χ0) is 19.4. The Morgan fingerprint density at radius 1 is 1.15 bits per heavy atom. The Kier molecular flexibility index (Phi) is 6.55. The number of morpholine rings is 1. The molecular formula is C20H30N2O4S. The van der Waals surface area contributed by atoms with Crippen LogP contribution in [0.25, 0.3) is 0 Å². The van der Waals surface area contributed by atoms with Crippen molar-refractivity contribution < 1.29 is 17.9 Å². The quantitative estimate of drug-likeness (QED) is 0.802. The van der Waals surface area contributed by atoms with Gasteiger partial charge in [0.2, 0.25) is 15.9 Å². The van der Waals surface area contributed by atoms with E-state index in [0.29, 0.717) is 32.7 Å². The lowest BCUT2D eigenvalue weighted by molar-refractivity contribution is -0.137. The first-order valence-corrected chi connectivity index (χ1v) is 11.4. The molecule has 1 atom stereocenters. The SMILES string of the molecule is CC(C)C[C@@H](NS(=O)(=O)c1ccc2c(c1)CCCC2)C(=O)N1CCOCC1. The minimum atomic E-state index is -3.75. The first-order chi connectivity index (χ1) is 12.9. The van der Waals surface area contributed by atoms with Gasteiger partial charge < -0.3 is 9.64 Å². The van der Waals surface area contributed by atoms with Crippen LogP contribution in [-0.2, 0) is 32.4 Å². The normalized spacial score (nSPS) is 19.0. The Bertz CT molecular complexity index is 770. The molecule has 0 bridgehead atoms. The molecule has 1 aromatic carbocycles. The van der Waals surface area contributed by atoms with Crippen LogP contribution in [0.5, 0.6) is 0 Å². The van der Waals surface area contributed by atoms with E-state index in [-0.39, 0.29) is 16.7 Å². The van der Waals surface area contributed by atoms with Crippen molar-refractivity contribution in [2.24, 2.45) is 5.92 Å². The number of sulfonamides is 1. The summed E-state index contributed by atoms with van der Waals surface area (Å²) in [7, 11) is -3.75. The standard InChI is InChI=1S/C20H30N2O4S/c1-15(2)13-19(20(23)22-9-11-26-12-10-22)21-27(24,25)18-8-7-16-5-3-4-6-17(16)14-18/h7-8,14-15,19,21H,3-6,9-13H2,1-2H3/t19-/m1/s1. The van der Waals surface area contributed by atoms with E-state index >= 15 is 0 Å². The minimum absolute atomic E-state index is 0.159. The van der Waals surface area contributed by atoms with E-state index in [4.69, 9.17) is 4.74 Å². The molecule has 7 heteroatoms. The Balaban J connectivity index is 1.80. The summed E-state index contributed by atoms with van der Waals surface area (Å²) in [6, 6.07) is 4.62. The van der Waals surface area contributed by atoms with Crippen molar-refractivity contribution in [2.75, 3.05) is 26.3 Å². The molecule has 150 valence electrons. The molecule has 0 unspecified atom stereocenters. The van der Waals surface area contributed by atoms with Crippen molar-refractivity contribution in [2.45, 2.75) is 56.9 Å². The molecule has 0 radical (unpaired) electrons. The van der Waals surface area contributed by atoms with E-state index in [1.54, 1.807) is 17.0 Å². The lowest BCUT2D eigenvalue weighted by Crippen LogP contribution is -2.52. The summed E-state index contributed by atoms with van der Waals surface area (Å²) in [6.45, 7) is 6.00. The van der Waals surface area contributed by atoms with Gasteiger partial charge in [0, 0.05) is 13.1 Å². The predicted molar refractivity (Wildman–Crippen MR) is 104 cm³/mol. The number of hydrogen-bond donors (Lipinski definition) is 1.